The van der Waals surface area contributed by atoms with Gasteiger partial charge in [-0.15, -0.1) is 0 Å². The smallest absolute Gasteiger partial charge is 0.409 e. The Morgan fingerprint density at radius 2 is 1.70 bits per heavy atom. The molecule has 1 unspecified atom stereocenters. The highest BCUT2D eigenvalue weighted by Crippen LogP contribution is 2.44. The van der Waals surface area contributed by atoms with Crippen molar-refractivity contribution in [2.45, 2.75) is 63.4 Å². The van der Waals surface area contributed by atoms with Crippen LogP contribution < -0.4 is 11.0 Å². The van der Waals surface area contributed by atoms with Gasteiger partial charge in [0, 0.05) is 45.0 Å². The first-order valence-corrected chi connectivity index (χ1v) is 15.5. The zero-order valence-corrected chi connectivity index (χ0v) is 26.3. The van der Waals surface area contributed by atoms with Crippen LogP contribution in [0.3, 0.4) is 0 Å². The average molecular weight is 647 g/mol. The molecule has 13 nitrogen and oxygen atoms in total. The van der Waals surface area contributed by atoms with Crippen LogP contribution in [0.15, 0.2) is 65.6 Å². The standard InChI is InChI=1S/C34H38N4O9/c1-21(40)13-14-32(42)47-27-18-31(46-28(27)19-39)38-17-15-29(36-33(38)43)35-30(41)12-7-16-37(2)34(44)45-20-26-24-10-5-3-8-22(24)23-9-4-6-11-25(23)26/h3-6,8-11,15,17,26-28,31,39H,7,12-14,16,18-20H2,1-2H3,(H,35,36,41,43)/t27?,28-,31-/m1/s1. The molecule has 13 heteroatoms. The van der Waals surface area contributed by atoms with Crippen LogP contribution in [0.1, 0.15) is 62.3 Å². The molecule has 1 fully saturated rings. The van der Waals surface area contributed by atoms with Crippen LogP contribution in [0, 0.1) is 0 Å². The van der Waals surface area contributed by atoms with Crippen molar-refractivity contribution in [1.29, 1.82) is 0 Å². The molecule has 2 N–H and O–H groups in total. The number of Topliss-reactive ketones (excluding diaryl/α,β-unsaturated/α-hetero) is 1. The summed E-state index contributed by atoms with van der Waals surface area (Å²) in [6, 6.07) is 17.6. The molecule has 248 valence electrons. The first kappa shape index (κ1) is 33.5. The molecule has 2 amide bonds. The van der Waals surface area contributed by atoms with E-state index in [1.807, 2.05) is 24.3 Å². The number of aliphatic hydroxyl groups is 1. The number of fused-ring (bicyclic) bond motifs is 3. The maximum Gasteiger partial charge on any atom is 0.409 e. The lowest BCUT2D eigenvalue weighted by Gasteiger charge is -2.19. The van der Waals surface area contributed by atoms with Gasteiger partial charge in [-0.3, -0.25) is 14.2 Å². The molecule has 2 aliphatic rings. The summed E-state index contributed by atoms with van der Waals surface area (Å²) in [6.07, 6.45) is -1.10. The predicted octanol–water partition coefficient (Wildman–Crippen LogP) is 3.40. The molecule has 1 saturated heterocycles. The van der Waals surface area contributed by atoms with Crippen molar-refractivity contribution < 1.29 is 38.5 Å². The lowest BCUT2D eigenvalue weighted by Crippen LogP contribution is -2.30. The van der Waals surface area contributed by atoms with Gasteiger partial charge >= 0.3 is 17.8 Å². The fourth-order valence-electron chi connectivity index (χ4n) is 5.84. The lowest BCUT2D eigenvalue weighted by atomic mass is 9.98. The van der Waals surface area contributed by atoms with Crippen LogP contribution in [0.5, 0.6) is 0 Å². The number of aromatic nitrogens is 2. The number of nitrogens with zero attached hydrogens (tertiary/aromatic N) is 3. The van der Waals surface area contributed by atoms with Gasteiger partial charge in [0.15, 0.2) is 0 Å². The van der Waals surface area contributed by atoms with Gasteiger partial charge in [0.2, 0.25) is 5.91 Å². The van der Waals surface area contributed by atoms with E-state index in [1.165, 1.54) is 28.7 Å². The Labute approximate surface area is 271 Å². The fourth-order valence-corrected chi connectivity index (χ4v) is 5.84. The number of esters is 1. The number of ether oxygens (including phenoxy) is 3. The Morgan fingerprint density at radius 1 is 1.02 bits per heavy atom. The zero-order chi connectivity index (χ0) is 33.5. The van der Waals surface area contributed by atoms with E-state index < -0.39 is 42.8 Å². The monoisotopic (exact) mass is 646 g/mol. The normalized spacial score (nSPS) is 18.2. The number of amides is 2. The van der Waals surface area contributed by atoms with E-state index in [9.17, 15) is 29.1 Å². The minimum absolute atomic E-state index is 0.0463. The minimum Gasteiger partial charge on any atom is -0.459 e. The molecule has 0 saturated carbocycles. The Bertz CT molecular complexity index is 1640. The highest BCUT2D eigenvalue weighted by atomic mass is 16.6. The molecule has 3 aromatic rings. The van der Waals surface area contributed by atoms with Gasteiger partial charge in [0.25, 0.3) is 0 Å². The van der Waals surface area contributed by atoms with Crippen molar-refractivity contribution in [3.05, 3.63) is 82.4 Å². The number of hydrogen-bond donors (Lipinski definition) is 2. The third-order valence-electron chi connectivity index (χ3n) is 8.28. The zero-order valence-electron chi connectivity index (χ0n) is 26.3. The van der Waals surface area contributed by atoms with E-state index in [0.29, 0.717) is 6.42 Å². The van der Waals surface area contributed by atoms with Crippen molar-refractivity contribution in [3.63, 3.8) is 0 Å². The van der Waals surface area contributed by atoms with Gasteiger partial charge < -0.3 is 34.3 Å². The third-order valence-corrected chi connectivity index (χ3v) is 8.28. The average Bonchev–Trinajstić information content (AvgIpc) is 3.60. The molecule has 47 heavy (non-hydrogen) atoms. The van der Waals surface area contributed by atoms with E-state index in [1.54, 1.807) is 7.05 Å². The van der Waals surface area contributed by atoms with Gasteiger partial charge in [-0.2, -0.15) is 4.98 Å². The molecule has 0 spiro atoms. The van der Waals surface area contributed by atoms with Gasteiger partial charge in [-0.05, 0) is 41.7 Å². The molecule has 0 bridgehead atoms. The number of nitrogens with one attached hydrogen (secondary N) is 1. The molecule has 5 rings (SSSR count). The molecule has 0 radical (unpaired) electrons. The summed E-state index contributed by atoms with van der Waals surface area (Å²) in [5.74, 6) is -1.13. The summed E-state index contributed by atoms with van der Waals surface area (Å²) in [7, 11) is 1.61. The fraction of sp³-hybridized carbons (Fsp3) is 0.412. The predicted molar refractivity (Wildman–Crippen MR) is 169 cm³/mol. The SMILES string of the molecule is CC(=O)CCC(=O)OC1C[C@H](n2ccc(NC(=O)CCCN(C)C(=O)OCC3c4ccccc4-c4ccccc43)nc2=O)O[C@@H]1CO. The summed E-state index contributed by atoms with van der Waals surface area (Å²) >= 11 is 0. The second-order valence-electron chi connectivity index (χ2n) is 11.7. The first-order chi connectivity index (χ1) is 22.6. The van der Waals surface area contributed by atoms with Gasteiger partial charge in [0.1, 0.15) is 36.6 Å². The van der Waals surface area contributed by atoms with Crippen LogP contribution in [0.2, 0.25) is 0 Å². The molecule has 1 aromatic heterocycles. The highest BCUT2D eigenvalue weighted by molar-refractivity contribution is 5.89. The van der Waals surface area contributed by atoms with Crippen LogP contribution in [-0.2, 0) is 28.6 Å². The summed E-state index contributed by atoms with van der Waals surface area (Å²) in [6.45, 7) is 1.42. The van der Waals surface area contributed by atoms with Gasteiger partial charge in [-0.1, -0.05) is 48.5 Å². The second-order valence-corrected chi connectivity index (χ2v) is 11.7. The van der Waals surface area contributed by atoms with Crippen molar-refractivity contribution in [2.24, 2.45) is 0 Å². The van der Waals surface area contributed by atoms with Crippen LogP contribution >= 0.6 is 0 Å². The summed E-state index contributed by atoms with van der Waals surface area (Å²) in [5.41, 5.74) is 3.83. The third kappa shape index (κ3) is 8.10. The highest BCUT2D eigenvalue weighted by Gasteiger charge is 2.39. The maximum absolute atomic E-state index is 12.7. The number of anilines is 1. The number of carbonyl (C=O) groups excluding carboxylic acids is 4. The Morgan fingerprint density at radius 3 is 2.34 bits per heavy atom. The molecule has 2 heterocycles. The first-order valence-electron chi connectivity index (χ1n) is 15.5. The number of aliphatic hydroxyl groups excluding tert-OH is 1. The Hall–Kier alpha value is -4.88. The van der Waals surface area contributed by atoms with Crippen molar-refractivity contribution in [3.8, 4) is 11.1 Å². The number of ketones is 1. The van der Waals surface area contributed by atoms with Crippen molar-refractivity contribution >= 4 is 29.6 Å². The summed E-state index contributed by atoms with van der Waals surface area (Å²) in [5, 5.41) is 12.3. The van der Waals surface area contributed by atoms with Crippen LogP contribution in [0.25, 0.3) is 11.1 Å². The number of rotatable bonds is 13. The lowest BCUT2D eigenvalue weighted by molar-refractivity contribution is -0.153. The molecule has 1 aliphatic carbocycles. The maximum atomic E-state index is 12.7. The summed E-state index contributed by atoms with van der Waals surface area (Å²) in [4.78, 5) is 66.6. The Balaban J connectivity index is 1.06. The minimum atomic E-state index is -0.851. The van der Waals surface area contributed by atoms with Crippen molar-refractivity contribution in [2.75, 3.05) is 32.1 Å². The molecule has 2 aromatic carbocycles. The van der Waals surface area contributed by atoms with Crippen LogP contribution in [0.4, 0.5) is 10.6 Å². The van der Waals surface area contributed by atoms with E-state index in [2.05, 4.69) is 34.6 Å². The number of benzene rings is 2. The topological polar surface area (TPSA) is 166 Å². The largest absolute Gasteiger partial charge is 0.459 e. The molecular weight excluding hydrogens is 608 g/mol. The van der Waals surface area contributed by atoms with E-state index in [-0.39, 0.29) is 62.3 Å². The Kier molecular flexibility index (Phi) is 10.8. The molecule has 1 aliphatic heterocycles. The van der Waals surface area contributed by atoms with Gasteiger partial charge in [0.05, 0.1) is 13.0 Å². The second kappa shape index (κ2) is 15.1. The molecule has 3 atom stereocenters. The van der Waals surface area contributed by atoms with E-state index in [4.69, 9.17) is 14.2 Å². The number of hydrogen-bond acceptors (Lipinski definition) is 10. The summed E-state index contributed by atoms with van der Waals surface area (Å²) < 4.78 is 17.9. The quantitative estimate of drug-likeness (QED) is 0.263. The van der Waals surface area contributed by atoms with E-state index >= 15 is 0 Å². The molecular formula is C34H38N4O9. The van der Waals surface area contributed by atoms with Crippen molar-refractivity contribution in [1.82, 2.24) is 14.5 Å². The number of carbonyl (C=O) groups is 4. The van der Waals surface area contributed by atoms with E-state index in [0.717, 1.165) is 22.3 Å². The van der Waals surface area contributed by atoms with Gasteiger partial charge in [-0.25, -0.2) is 9.59 Å². The van der Waals surface area contributed by atoms with Crippen LogP contribution in [-0.4, -0.2) is 82.3 Å².